The molecule has 6 heteroatoms. The van der Waals surface area contributed by atoms with Crippen LogP contribution in [0.2, 0.25) is 0 Å². The normalized spacial score (nSPS) is 15.2. The van der Waals surface area contributed by atoms with Crippen molar-refractivity contribution >= 4 is 38.8 Å². The third-order valence-electron chi connectivity index (χ3n) is 3.59. The topological polar surface area (TPSA) is 61.9 Å². The van der Waals surface area contributed by atoms with Gasteiger partial charge in [-0.3, -0.25) is 0 Å². The molecule has 1 aliphatic rings. The van der Waals surface area contributed by atoms with Crippen molar-refractivity contribution in [2.45, 2.75) is 25.4 Å². The summed E-state index contributed by atoms with van der Waals surface area (Å²) in [6.45, 7) is 0.920. The van der Waals surface area contributed by atoms with Gasteiger partial charge in [-0.2, -0.15) is 11.3 Å². The molecule has 1 fully saturated rings. The van der Waals surface area contributed by atoms with Crippen LogP contribution in [0.5, 0.6) is 0 Å². The largest absolute Gasteiger partial charge is 0.409 e. The van der Waals surface area contributed by atoms with Gasteiger partial charge in [0.25, 0.3) is 0 Å². The quantitative estimate of drug-likeness (QED) is 0.366. The van der Waals surface area contributed by atoms with Crippen molar-refractivity contribution in [3.05, 3.63) is 50.6 Å². The van der Waals surface area contributed by atoms with Crippen molar-refractivity contribution in [3.63, 3.8) is 0 Å². The summed E-state index contributed by atoms with van der Waals surface area (Å²) in [5.74, 6) is 0.115. The number of oxime groups is 1. The maximum Gasteiger partial charge on any atom is 0.171 e. The Balaban J connectivity index is 1.88. The van der Waals surface area contributed by atoms with E-state index in [1.165, 1.54) is 18.4 Å². The van der Waals surface area contributed by atoms with Gasteiger partial charge in [0.05, 0.1) is 0 Å². The zero-order valence-corrected chi connectivity index (χ0v) is 13.8. The molecule has 4 nitrogen and oxygen atoms in total. The van der Waals surface area contributed by atoms with E-state index >= 15 is 0 Å². The molecule has 0 amide bonds. The molecule has 21 heavy (non-hydrogen) atoms. The zero-order chi connectivity index (χ0) is 14.8. The molecule has 2 aromatic rings. The van der Waals surface area contributed by atoms with Gasteiger partial charge < -0.3 is 15.8 Å². The minimum Gasteiger partial charge on any atom is -0.409 e. The molecule has 0 spiro atoms. The van der Waals surface area contributed by atoms with E-state index in [1.54, 1.807) is 11.3 Å². The summed E-state index contributed by atoms with van der Waals surface area (Å²) in [6, 6.07) is 8.74. The Labute approximate surface area is 136 Å². The summed E-state index contributed by atoms with van der Waals surface area (Å²) in [7, 11) is 0. The van der Waals surface area contributed by atoms with Crippen LogP contribution in [0, 0.1) is 0 Å². The van der Waals surface area contributed by atoms with Crippen LogP contribution in [0.3, 0.4) is 0 Å². The van der Waals surface area contributed by atoms with E-state index in [1.807, 2.05) is 18.2 Å². The Morgan fingerprint density at radius 1 is 1.43 bits per heavy atom. The average molecular weight is 366 g/mol. The molecule has 0 unspecified atom stereocenters. The highest BCUT2D eigenvalue weighted by molar-refractivity contribution is 9.10. The first-order chi connectivity index (χ1) is 10.2. The fourth-order valence-corrected chi connectivity index (χ4v) is 3.57. The lowest BCUT2D eigenvalue weighted by Crippen LogP contribution is -2.25. The molecule has 110 valence electrons. The molecule has 1 saturated carbocycles. The van der Waals surface area contributed by atoms with E-state index in [4.69, 9.17) is 10.9 Å². The molecule has 3 N–H and O–H groups in total. The fraction of sp³-hybridized carbons (Fsp3) is 0.267. The molecule has 1 heterocycles. The lowest BCUT2D eigenvalue weighted by molar-refractivity contribution is 0.318. The standard InChI is InChI=1S/C15H16BrN3OS/c16-14-7-12(3-4-13(14)15(17)18-20)19(11-1-2-11)8-10-5-6-21-9-10/h3-7,9,11,20H,1-2,8H2,(H2,17,18). The van der Waals surface area contributed by atoms with Gasteiger partial charge in [-0.05, 0) is 69.4 Å². The number of hydrogen-bond acceptors (Lipinski definition) is 4. The molecule has 3 rings (SSSR count). The minimum absolute atomic E-state index is 0.115. The van der Waals surface area contributed by atoms with Gasteiger partial charge >= 0.3 is 0 Å². The van der Waals surface area contributed by atoms with Crippen LogP contribution in [0.15, 0.2) is 44.7 Å². The average Bonchev–Trinajstić information content (AvgIpc) is 3.20. The van der Waals surface area contributed by atoms with E-state index < -0.39 is 0 Å². The summed E-state index contributed by atoms with van der Waals surface area (Å²) in [5.41, 5.74) is 8.86. The maximum atomic E-state index is 8.79. The molecular formula is C15H16BrN3OS. The number of hydrogen-bond donors (Lipinski definition) is 2. The van der Waals surface area contributed by atoms with Crippen molar-refractivity contribution in [1.29, 1.82) is 0 Å². The van der Waals surface area contributed by atoms with Crippen molar-refractivity contribution in [2.75, 3.05) is 4.90 Å². The molecule has 0 aliphatic heterocycles. The van der Waals surface area contributed by atoms with Crippen LogP contribution in [-0.4, -0.2) is 17.1 Å². The van der Waals surface area contributed by atoms with Gasteiger partial charge in [-0.15, -0.1) is 0 Å². The lowest BCUT2D eigenvalue weighted by Gasteiger charge is -2.25. The minimum atomic E-state index is 0.115. The summed E-state index contributed by atoms with van der Waals surface area (Å²) >= 11 is 5.23. The first-order valence-corrected chi connectivity index (χ1v) is 8.48. The third kappa shape index (κ3) is 3.22. The van der Waals surface area contributed by atoms with E-state index in [2.05, 4.69) is 42.8 Å². The highest BCUT2D eigenvalue weighted by Crippen LogP contribution is 2.35. The predicted molar refractivity (Wildman–Crippen MR) is 90.2 cm³/mol. The fourth-order valence-electron chi connectivity index (χ4n) is 2.34. The van der Waals surface area contributed by atoms with Crippen LogP contribution in [-0.2, 0) is 6.54 Å². The number of anilines is 1. The number of nitrogens with two attached hydrogens (primary N) is 1. The first-order valence-electron chi connectivity index (χ1n) is 6.74. The second-order valence-electron chi connectivity index (χ2n) is 5.14. The van der Waals surface area contributed by atoms with Crippen LogP contribution in [0.25, 0.3) is 0 Å². The Kier molecular flexibility index (Phi) is 4.17. The van der Waals surface area contributed by atoms with Gasteiger partial charge in [-0.1, -0.05) is 5.16 Å². The SMILES string of the molecule is N/C(=N/O)c1ccc(N(Cc2ccsc2)C2CC2)cc1Br. The molecular weight excluding hydrogens is 350 g/mol. The van der Waals surface area contributed by atoms with Crippen molar-refractivity contribution in [1.82, 2.24) is 0 Å². The highest BCUT2D eigenvalue weighted by atomic mass is 79.9. The van der Waals surface area contributed by atoms with Gasteiger partial charge in [-0.25, -0.2) is 0 Å². The Hall–Kier alpha value is -1.53. The third-order valence-corrected chi connectivity index (χ3v) is 4.98. The summed E-state index contributed by atoms with van der Waals surface area (Å²) in [4.78, 5) is 2.42. The highest BCUT2D eigenvalue weighted by Gasteiger charge is 2.29. The second kappa shape index (κ2) is 6.07. The van der Waals surface area contributed by atoms with Crippen molar-refractivity contribution in [2.24, 2.45) is 10.9 Å². The van der Waals surface area contributed by atoms with E-state index in [-0.39, 0.29) is 5.84 Å². The molecule has 0 bridgehead atoms. The molecule has 1 aromatic carbocycles. The number of rotatable bonds is 5. The first kappa shape index (κ1) is 14.4. The number of thiophene rings is 1. The summed E-state index contributed by atoms with van der Waals surface area (Å²) < 4.78 is 0.839. The number of halogens is 1. The summed E-state index contributed by atoms with van der Waals surface area (Å²) in [6.07, 6.45) is 2.48. The van der Waals surface area contributed by atoms with E-state index in [0.717, 1.165) is 16.7 Å². The van der Waals surface area contributed by atoms with Gasteiger partial charge in [0.15, 0.2) is 5.84 Å². The lowest BCUT2D eigenvalue weighted by atomic mass is 10.1. The van der Waals surface area contributed by atoms with Crippen molar-refractivity contribution < 1.29 is 5.21 Å². The molecule has 0 atom stereocenters. The van der Waals surface area contributed by atoms with Gasteiger partial charge in [0, 0.05) is 28.3 Å². The Morgan fingerprint density at radius 3 is 2.81 bits per heavy atom. The van der Waals surface area contributed by atoms with E-state index in [0.29, 0.717) is 11.6 Å². The molecule has 0 saturated heterocycles. The van der Waals surface area contributed by atoms with Gasteiger partial charge in [0.1, 0.15) is 0 Å². The van der Waals surface area contributed by atoms with Crippen LogP contribution in [0.4, 0.5) is 5.69 Å². The number of amidine groups is 1. The smallest absolute Gasteiger partial charge is 0.171 e. The number of benzene rings is 1. The Bertz CT molecular complexity index is 653. The summed E-state index contributed by atoms with van der Waals surface area (Å²) in [5, 5.41) is 16.1. The van der Waals surface area contributed by atoms with Gasteiger partial charge in [0.2, 0.25) is 0 Å². The zero-order valence-electron chi connectivity index (χ0n) is 11.4. The monoisotopic (exact) mass is 365 g/mol. The van der Waals surface area contributed by atoms with Crippen LogP contribution < -0.4 is 10.6 Å². The predicted octanol–water partition coefficient (Wildman–Crippen LogP) is 3.77. The van der Waals surface area contributed by atoms with Crippen molar-refractivity contribution in [3.8, 4) is 0 Å². The van der Waals surface area contributed by atoms with Crippen LogP contribution >= 0.6 is 27.3 Å². The van der Waals surface area contributed by atoms with E-state index in [9.17, 15) is 0 Å². The maximum absolute atomic E-state index is 8.79. The Morgan fingerprint density at radius 2 is 2.24 bits per heavy atom. The van der Waals surface area contributed by atoms with Crippen LogP contribution in [0.1, 0.15) is 24.0 Å². The second-order valence-corrected chi connectivity index (χ2v) is 6.77. The molecule has 1 aromatic heterocycles. The molecule has 0 radical (unpaired) electrons. The number of nitrogens with zero attached hydrogens (tertiary/aromatic N) is 2. The molecule has 1 aliphatic carbocycles.